The molecule has 1 heterocycles. The van der Waals surface area contributed by atoms with Gasteiger partial charge in [-0.25, -0.2) is 12.8 Å². The topological polar surface area (TPSA) is 72.5 Å². The van der Waals surface area contributed by atoms with Crippen molar-refractivity contribution in [2.24, 2.45) is 0 Å². The lowest BCUT2D eigenvalue weighted by Gasteiger charge is -2.23. The average molecular weight is 315 g/mol. The van der Waals surface area contributed by atoms with E-state index in [0.29, 0.717) is 6.42 Å². The number of rotatable bonds is 5. The zero-order chi connectivity index (χ0) is 15.5. The molecule has 1 aliphatic heterocycles. The number of benzene rings is 1. The number of carbonyl (C=O) groups excluding carboxylic acids is 1. The van der Waals surface area contributed by atoms with Gasteiger partial charge < -0.3 is 10.1 Å². The van der Waals surface area contributed by atoms with E-state index in [4.69, 9.17) is 4.74 Å². The first kappa shape index (κ1) is 15.8. The van der Waals surface area contributed by atoms with Gasteiger partial charge in [-0.3, -0.25) is 4.79 Å². The van der Waals surface area contributed by atoms with Crippen molar-refractivity contribution in [1.82, 2.24) is 5.32 Å². The second-order valence-corrected chi connectivity index (χ2v) is 7.66. The fraction of sp³-hybridized carbons (Fsp3) is 0.500. The van der Waals surface area contributed by atoms with Crippen molar-refractivity contribution in [1.29, 1.82) is 0 Å². The van der Waals surface area contributed by atoms with Gasteiger partial charge in [0, 0.05) is 0 Å². The van der Waals surface area contributed by atoms with Crippen molar-refractivity contribution in [2.75, 3.05) is 18.1 Å². The minimum absolute atomic E-state index is 0.0373. The Balaban J connectivity index is 1.80. The minimum atomic E-state index is -3.06. The van der Waals surface area contributed by atoms with Crippen LogP contribution in [-0.2, 0) is 14.6 Å². The summed E-state index contributed by atoms with van der Waals surface area (Å²) in [6, 6.07) is 5.96. The van der Waals surface area contributed by atoms with Crippen LogP contribution >= 0.6 is 0 Å². The zero-order valence-corrected chi connectivity index (χ0v) is 12.6. The van der Waals surface area contributed by atoms with E-state index in [9.17, 15) is 17.6 Å². The first-order valence-corrected chi connectivity index (χ1v) is 8.51. The van der Waals surface area contributed by atoms with Crippen LogP contribution in [0.3, 0.4) is 0 Å². The van der Waals surface area contributed by atoms with Gasteiger partial charge >= 0.3 is 0 Å². The van der Waals surface area contributed by atoms with Crippen LogP contribution in [0, 0.1) is 5.82 Å². The summed E-state index contributed by atoms with van der Waals surface area (Å²) in [4.78, 5) is 11.8. The first-order chi connectivity index (χ1) is 9.80. The van der Waals surface area contributed by atoms with Gasteiger partial charge in [-0.1, -0.05) is 12.1 Å². The molecule has 1 aromatic carbocycles. The number of hydrogen-bond donors (Lipinski definition) is 1. The Morgan fingerprint density at radius 3 is 2.76 bits per heavy atom. The van der Waals surface area contributed by atoms with Gasteiger partial charge in [0.05, 0.1) is 30.1 Å². The molecule has 0 bridgehead atoms. The number of sulfone groups is 1. The van der Waals surface area contributed by atoms with Crippen molar-refractivity contribution < 1.29 is 22.3 Å². The van der Waals surface area contributed by atoms with E-state index >= 15 is 0 Å². The molecule has 1 atom stereocenters. The highest BCUT2D eigenvalue weighted by atomic mass is 32.2. The summed E-state index contributed by atoms with van der Waals surface area (Å²) in [7, 11) is -3.06. The van der Waals surface area contributed by atoms with Crippen LogP contribution in [0.15, 0.2) is 24.3 Å². The Labute approximate surface area is 123 Å². The van der Waals surface area contributed by atoms with Crippen LogP contribution in [0.2, 0.25) is 0 Å². The lowest BCUT2D eigenvalue weighted by atomic mass is 10.0. The molecule has 1 amide bonds. The normalized spacial score (nSPS) is 23.7. The molecule has 0 aliphatic carbocycles. The summed E-state index contributed by atoms with van der Waals surface area (Å²) in [5.74, 6) is -0.632. The van der Waals surface area contributed by atoms with Gasteiger partial charge in [-0.15, -0.1) is 0 Å². The smallest absolute Gasteiger partial charge is 0.223 e. The summed E-state index contributed by atoms with van der Waals surface area (Å²) < 4.78 is 41.4. The fourth-order valence-corrected chi connectivity index (χ4v) is 4.42. The predicted molar refractivity (Wildman–Crippen MR) is 76.3 cm³/mol. The summed E-state index contributed by atoms with van der Waals surface area (Å²) in [5, 5.41) is 2.72. The maximum Gasteiger partial charge on any atom is 0.223 e. The molecule has 0 spiro atoms. The molecule has 1 saturated heterocycles. The van der Waals surface area contributed by atoms with E-state index in [1.165, 1.54) is 12.1 Å². The first-order valence-electron chi connectivity index (χ1n) is 6.68. The maximum absolute atomic E-state index is 13.3. The predicted octanol–water partition coefficient (Wildman–Crippen LogP) is 1.29. The molecule has 5 nitrogen and oxygen atoms in total. The van der Waals surface area contributed by atoms with Crippen molar-refractivity contribution in [2.45, 2.75) is 25.3 Å². The Morgan fingerprint density at radius 1 is 1.43 bits per heavy atom. The highest BCUT2D eigenvalue weighted by Gasteiger charge is 2.39. The molecule has 0 saturated carbocycles. The molecule has 0 aromatic heterocycles. The van der Waals surface area contributed by atoms with Crippen LogP contribution in [0.5, 0.6) is 5.75 Å². The Hall–Kier alpha value is -1.63. The Morgan fingerprint density at radius 2 is 2.14 bits per heavy atom. The molecule has 0 radical (unpaired) electrons. The van der Waals surface area contributed by atoms with Crippen LogP contribution in [-0.4, -0.2) is 38.0 Å². The van der Waals surface area contributed by atoms with E-state index < -0.39 is 21.2 Å². The number of halogens is 1. The number of amides is 1. The standard InChI is InChI=1S/C14H18FNO4S/c1-14(7-9-21(18,19)10-14)16-13(17)6-8-20-12-5-3-2-4-11(12)15/h2-5H,6-10H2,1H3,(H,16,17). The third-order valence-electron chi connectivity index (χ3n) is 3.37. The molecule has 1 N–H and O–H groups in total. The van der Waals surface area contributed by atoms with Gasteiger partial charge in [0.15, 0.2) is 21.4 Å². The van der Waals surface area contributed by atoms with E-state index in [0.717, 1.165) is 0 Å². The zero-order valence-electron chi connectivity index (χ0n) is 11.8. The Bertz CT molecular complexity index is 632. The summed E-state index contributed by atoms with van der Waals surface area (Å²) in [6.45, 7) is 1.75. The average Bonchev–Trinajstić information content (AvgIpc) is 2.65. The molecule has 1 aliphatic rings. The lowest BCUT2D eigenvalue weighted by Crippen LogP contribution is -2.47. The molecule has 116 valence electrons. The van der Waals surface area contributed by atoms with Crippen molar-refractivity contribution in [3.05, 3.63) is 30.1 Å². The minimum Gasteiger partial charge on any atom is -0.490 e. The van der Waals surface area contributed by atoms with E-state index in [-0.39, 0.29) is 36.2 Å². The van der Waals surface area contributed by atoms with Crippen LogP contribution < -0.4 is 10.1 Å². The van der Waals surface area contributed by atoms with Crippen LogP contribution in [0.4, 0.5) is 4.39 Å². The second-order valence-electron chi connectivity index (χ2n) is 5.48. The van der Waals surface area contributed by atoms with Gasteiger partial charge in [-0.05, 0) is 25.5 Å². The molecule has 1 aromatic rings. The number of para-hydroxylation sites is 1. The van der Waals surface area contributed by atoms with Gasteiger partial charge in [0.25, 0.3) is 0 Å². The molecule has 1 fully saturated rings. The molecular weight excluding hydrogens is 297 g/mol. The van der Waals surface area contributed by atoms with Gasteiger partial charge in [-0.2, -0.15) is 0 Å². The highest BCUT2D eigenvalue weighted by Crippen LogP contribution is 2.23. The third-order valence-corrected chi connectivity index (χ3v) is 5.27. The molecular formula is C14H18FNO4S. The van der Waals surface area contributed by atoms with Crippen LogP contribution in [0.1, 0.15) is 19.8 Å². The SMILES string of the molecule is CC1(NC(=O)CCOc2ccccc2F)CCS(=O)(=O)C1. The number of nitrogens with one attached hydrogen (secondary N) is 1. The number of ether oxygens (including phenoxy) is 1. The quantitative estimate of drug-likeness (QED) is 0.888. The molecule has 2 rings (SSSR count). The summed E-state index contributed by atoms with van der Waals surface area (Å²) in [5.41, 5.74) is -0.714. The van der Waals surface area contributed by atoms with E-state index in [1.807, 2.05) is 0 Å². The third kappa shape index (κ3) is 4.42. The highest BCUT2D eigenvalue weighted by molar-refractivity contribution is 7.91. The summed E-state index contributed by atoms with van der Waals surface area (Å²) in [6.07, 6.45) is 0.458. The molecule has 1 unspecified atom stereocenters. The summed E-state index contributed by atoms with van der Waals surface area (Å²) >= 11 is 0. The molecule has 7 heteroatoms. The number of hydrogen-bond acceptors (Lipinski definition) is 4. The lowest BCUT2D eigenvalue weighted by molar-refractivity contribution is -0.123. The number of carbonyl (C=O) groups is 1. The Kier molecular flexibility index (Phi) is 4.51. The van der Waals surface area contributed by atoms with Crippen molar-refractivity contribution >= 4 is 15.7 Å². The monoisotopic (exact) mass is 315 g/mol. The van der Waals surface area contributed by atoms with Gasteiger partial charge in [0.1, 0.15) is 0 Å². The van der Waals surface area contributed by atoms with E-state index in [1.54, 1.807) is 19.1 Å². The van der Waals surface area contributed by atoms with Crippen molar-refractivity contribution in [3.8, 4) is 5.75 Å². The van der Waals surface area contributed by atoms with Crippen molar-refractivity contribution in [3.63, 3.8) is 0 Å². The fourth-order valence-electron chi connectivity index (χ4n) is 2.32. The van der Waals surface area contributed by atoms with E-state index in [2.05, 4.69) is 5.32 Å². The second kappa shape index (κ2) is 6.01. The van der Waals surface area contributed by atoms with Crippen LogP contribution in [0.25, 0.3) is 0 Å². The van der Waals surface area contributed by atoms with Gasteiger partial charge in [0.2, 0.25) is 5.91 Å². The molecule has 21 heavy (non-hydrogen) atoms. The largest absolute Gasteiger partial charge is 0.490 e. The maximum atomic E-state index is 13.3.